The smallest absolute Gasteiger partial charge is 0.325 e. The summed E-state index contributed by atoms with van der Waals surface area (Å²) in [6.45, 7) is 7.54. The van der Waals surface area contributed by atoms with Crippen molar-refractivity contribution in [1.29, 1.82) is 0 Å². The van der Waals surface area contributed by atoms with Crippen molar-refractivity contribution in [3.63, 3.8) is 0 Å². The molecule has 0 fully saturated rings. The number of rotatable bonds is 6. The third kappa shape index (κ3) is 5.10. The van der Waals surface area contributed by atoms with Gasteiger partial charge in [-0.3, -0.25) is 9.59 Å². The van der Waals surface area contributed by atoms with Gasteiger partial charge in [0.15, 0.2) is 0 Å². The van der Waals surface area contributed by atoms with Gasteiger partial charge in [0, 0.05) is 11.6 Å². The van der Waals surface area contributed by atoms with E-state index in [9.17, 15) is 9.59 Å². The minimum atomic E-state index is -0.434. The molecule has 0 aliphatic heterocycles. The van der Waals surface area contributed by atoms with Crippen molar-refractivity contribution in [2.24, 2.45) is 0 Å². The lowest BCUT2D eigenvalue weighted by molar-refractivity contribution is -0.141. The fraction of sp³-hybridized carbons (Fsp3) is 0.500. The van der Waals surface area contributed by atoms with Crippen molar-refractivity contribution in [2.75, 3.05) is 13.7 Å². The van der Waals surface area contributed by atoms with Crippen molar-refractivity contribution in [3.8, 4) is 5.75 Å². The zero-order chi connectivity index (χ0) is 16.0. The number of esters is 1. The second-order valence-corrected chi connectivity index (χ2v) is 5.29. The maximum atomic E-state index is 12.4. The van der Waals surface area contributed by atoms with E-state index in [0.717, 1.165) is 0 Å². The number of ether oxygens (including phenoxy) is 2. The molecule has 0 spiro atoms. The molecule has 21 heavy (non-hydrogen) atoms. The van der Waals surface area contributed by atoms with Gasteiger partial charge in [0.05, 0.1) is 13.2 Å². The Balaban J connectivity index is 2.86. The average molecular weight is 293 g/mol. The molecule has 5 nitrogen and oxygen atoms in total. The van der Waals surface area contributed by atoms with E-state index in [1.807, 2.05) is 27.7 Å². The maximum Gasteiger partial charge on any atom is 0.325 e. The fourth-order valence-electron chi connectivity index (χ4n) is 1.81. The van der Waals surface area contributed by atoms with Crippen molar-refractivity contribution in [1.82, 2.24) is 4.90 Å². The Kier molecular flexibility index (Phi) is 6.21. The summed E-state index contributed by atoms with van der Waals surface area (Å²) in [5.74, 6) is 0.0777. The fourth-order valence-corrected chi connectivity index (χ4v) is 1.81. The molecule has 0 unspecified atom stereocenters. The SMILES string of the molecule is COC(=O)CN(C(=O)c1ccc(OC(C)C)cc1)C(C)C. The van der Waals surface area contributed by atoms with Crippen LogP contribution in [0.1, 0.15) is 38.1 Å². The summed E-state index contributed by atoms with van der Waals surface area (Å²) in [5, 5.41) is 0. The third-order valence-electron chi connectivity index (χ3n) is 2.88. The second kappa shape index (κ2) is 7.67. The van der Waals surface area contributed by atoms with Crippen LogP contribution in [0.25, 0.3) is 0 Å². The lowest BCUT2D eigenvalue weighted by Crippen LogP contribution is -2.41. The summed E-state index contributed by atoms with van der Waals surface area (Å²) in [5.41, 5.74) is 0.517. The predicted octanol–water partition coefficient (Wildman–Crippen LogP) is 2.50. The van der Waals surface area contributed by atoms with E-state index in [1.54, 1.807) is 24.3 Å². The van der Waals surface area contributed by atoms with Crippen molar-refractivity contribution < 1.29 is 19.1 Å². The van der Waals surface area contributed by atoms with Gasteiger partial charge in [-0.1, -0.05) is 0 Å². The van der Waals surface area contributed by atoms with Crippen LogP contribution >= 0.6 is 0 Å². The molecule has 1 rings (SSSR count). The molecule has 0 radical (unpaired) electrons. The molecule has 1 amide bonds. The molecule has 0 saturated carbocycles. The highest BCUT2D eigenvalue weighted by atomic mass is 16.5. The van der Waals surface area contributed by atoms with E-state index >= 15 is 0 Å². The van der Waals surface area contributed by atoms with Crippen LogP contribution in [0.15, 0.2) is 24.3 Å². The molecule has 0 heterocycles. The summed E-state index contributed by atoms with van der Waals surface area (Å²) >= 11 is 0. The topological polar surface area (TPSA) is 55.8 Å². The molecule has 116 valence electrons. The van der Waals surface area contributed by atoms with E-state index in [-0.39, 0.29) is 24.6 Å². The first-order chi connectivity index (χ1) is 9.85. The highest BCUT2D eigenvalue weighted by molar-refractivity contribution is 5.96. The molecule has 1 aromatic carbocycles. The highest BCUT2D eigenvalue weighted by Gasteiger charge is 2.21. The van der Waals surface area contributed by atoms with E-state index in [2.05, 4.69) is 4.74 Å². The number of methoxy groups -OCH3 is 1. The van der Waals surface area contributed by atoms with Gasteiger partial charge in [-0.15, -0.1) is 0 Å². The molecule has 0 aliphatic rings. The summed E-state index contributed by atoms with van der Waals surface area (Å²) in [4.78, 5) is 25.3. The minimum Gasteiger partial charge on any atom is -0.491 e. The quantitative estimate of drug-likeness (QED) is 0.756. The minimum absolute atomic E-state index is 0.0583. The normalized spacial score (nSPS) is 10.6. The molecule has 0 saturated heterocycles. The second-order valence-electron chi connectivity index (χ2n) is 5.29. The maximum absolute atomic E-state index is 12.4. The Morgan fingerprint density at radius 3 is 2.10 bits per heavy atom. The molecule has 5 heteroatoms. The van der Waals surface area contributed by atoms with E-state index in [4.69, 9.17) is 4.74 Å². The van der Waals surface area contributed by atoms with Gasteiger partial charge in [0.2, 0.25) is 0 Å². The first-order valence-electron chi connectivity index (χ1n) is 6.99. The van der Waals surface area contributed by atoms with Crippen LogP contribution in [0, 0.1) is 0 Å². The number of carbonyl (C=O) groups excluding carboxylic acids is 2. The Bertz CT molecular complexity index is 480. The third-order valence-corrected chi connectivity index (χ3v) is 2.88. The van der Waals surface area contributed by atoms with Gasteiger partial charge < -0.3 is 14.4 Å². The zero-order valence-corrected chi connectivity index (χ0v) is 13.3. The van der Waals surface area contributed by atoms with Crippen LogP contribution in [0.2, 0.25) is 0 Å². The van der Waals surface area contributed by atoms with Gasteiger partial charge in [-0.25, -0.2) is 0 Å². The largest absolute Gasteiger partial charge is 0.491 e. The average Bonchev–Trinajstić information content (AvgIpc) is 2.43. The van der Waals surface area contributed by atoms with Gasteiger partial charge >= 0.3 is 5.97 Å². The number of carbonyl (C=O) groups is 2. The highest BCUT2D eigenvalue weighted by Crippen LogP contribution is 2.16. The number of hydrogen-bond donors (Lipinski definition) is 0. The molecule has 1 aromatic rings. The van der Waals surface area contributed by atoms with E-state index in [1.165, 1.54) is 12.0 Å². The molecular formula is C16H23NO4. The van der Waals surface area contributed by atoms with Crippen LogP contribution in [0.4, 0.5) is 0 Å². The first-order valence-corrected chi connectivity index (χ1v) is 6.99. The zero-order valence-electron chi connectivity index (χ0n) is 13.3. The Hall–Kier alpha value is -2.04. The van der Waals surface area contributed by atoms with E-state index in [0.29, 0.717) is 11.3 Å². The van der Waals surface area contributed by atoms with Gasteiger partial charge in [-0.2, -0.15) is 0 Å². The summed E-state index contributed by atoms with van der Waals surface area (Å²) in [6.07, 6.45) is 0.0815. The first kappa shape index (κ1) is 17.0. The van der Waals surface area contributed by atoms with Crippen LogP contribution in [-0.2, 0) is 9.53 Å². The Morgan fingerprint density at radius 2 is 1.67 bits per heavy atom. The number of hydrogen-bond acceptors (Lipinski definition) is 4. The van der Waals surface area contributed by atoms with Crippen LogP contribution in [0.5, 0.6) is 5.75 Å². The lowest BCUT2D eigenvalue weighted by atomic mass is 10.1. The van der Waals surface area contributed by atoms with Gasteiger partial charge in [-0.05, 0) is 52.0 Å². The van der Waals surface area contributed by atoms with Gasteiger partial charge in [0.25, 0.3) is 5.91 Å². The number of nitrogens with zero attached hydrogens (tertiary/aromatic N) is 1. The molecular weight excluding hydrogens is 270 g/mol. The predicted molar refractivity (Wildman–Crippen MR) is 80.4 cm³/mol. The van der Waals surface area contributed by atoms with Crippen LogP contribution < -0.4 is 4.74 Å². The van der Waals surface area contributed by atoms with Crippen molar-refractivity contribution in [3.05, 3.63) is 29.8 Å². The van der Waals surface area contributed by atoms with Crippen LogP contribution in [0.3, 0.4) is 0 Å². The molecule has 0 aliphatic carbocycles. The standard InChI is InChI=1S/C16H23NO4/c1-11(2)17(10-15(18)20-5)16(19)13-6-8-14(9-7-13)21-12(3)4/h6-9,11-12H,10H2,1-5H3. The van der Waals surface area contributed by atoms with Crippen LogP contribution in [-0.4, -0.2) is 42.6 Å². The number of amides is 1. The van der Waals surface area contributed by atoms with Crippen molar-refractivity contribution >= 4 is 11.9 Å². The monoisotopic (exact) mass is 293 g/mol. The summed E-state index contributed by atoms with van der Waals surface area (Å²) < 4.78 is 10.2. The molecule has 0 bridgehead atoms. The summed E-state index contributed by atoms with van der Waals surface area (Å²) in [6, 6.07) is 6.82. The number of benzene rings is 1. The Labute approximate surface area is 125 Å². The Morgan fingerprint density at radius 1 is 1.10 bits per heavy atom. The molecule has 0 atom stereocenters. The van der Waals surface area contributed by atoms with E-state index < -0.39 is 5.97 Å². The lowest BCUT2D eigenvalue weighted by Gasteiger charge is -2.25. The molecule has 0 aromatic heterocycles. The summed E-state index contributed by atoms with van der Waals surface area (Å²) in [7, 11) is 1.31. The van der Waals surface area contributed by atoms with Crippen molar-refractivity contribution in [2.45, 2.75) is 39.8 Å². The van der Waals surface area contributed by atoms with Gasteiger partial charge in [0.1, 0.15) is 12.3 Å². The molecule has 0 N–H and O–H groups in total.